The molecule has 0 radical (unpaired) electrons. The molecular formula is C16H24N4. The average Bonchev–Trinajstić information content (AvgIpc) is 2.83. The summed E-state index contributed by atoms with van der Waals surface area (Å²) in [4.78, 5) is 1.81. The summed E-state index contributed by atoms with van der Waals surface area (Å²) in [6, 6.07) is 10.3. The minimum Gasteiger partial charge on any atom is -0.311 e. The van der Waals surface area contributed by atoms with Crippen molar-refractivity contribution in [1.29, 1.82) is 0 Å². The minimum atomic E-state index is 0.640. The van der Waals surface area contributed by atoms with Crippen LogP contribution in [0, 0.1) is 5.92 Å². The summed E-state index contributed by atoms with van der Waals surface area (Å²) in [7, 11) is 0. The number of aromatic nitrogens is 3. The highest BCUT2D eigenvalue weighted by atomic mass is 15.5. The van der Waals surface area contributed by atoms with Crippen molar-refractivity contribution in [3.05, 3.63) is 36.0 Å². The predicted molar refractivity (Wildman–Crippen MR) is 82.3 cm³/mol. The molecule has 0 spiro atoms. The number of nitrogens with zero attached hydrogens (tertiary/aromatic N) is 3. The zero-order chi connectivity index (χ0) is 14.4. The quantitative estimate of drug-likeness (QED) is 0.842. The Kier molecular flexibility index (Phi) is 5.30. The largest absolute Gasteiger partial charge is 0.311 e. The first-order valence-electron chi connectivity index (χ1n) is 7.40. The number of aryl methyl sites for hydroxylation is 1. The third-order valence-corrected chi connectivity index (χ3v) is 3.04. The van der Waals surface area contributed by atoms with Gasteiger partial charge in [0.05, 0.1) is 6.54 Å². The summed E-state index contributed by atoms with van der Waals surface area (Å²) >= 11 is 0. The second-order valence-electron chi connectivity index (χ2n) is 5.48. The van der Waals surface area contributed by atoms with Gasteiger partial charge in [-0.2, -0.15) is 15.0 Å². The Morgan fingerprint density at radius 2 is 1.90 bits per heavy atom. The van der Waals surface area contributed by atoms with Gasteiger partial charge in [-0.3, -0.25) is 0 Å². The van der Waals surface area contributed by atoms with E-state index in [1.165, 1.54) is 0 Å². The van der Waals surface area contributed by atoms with E-state index in [-0.39, 0.29) is 0 Å². The summed E-state index contributed by atoms with van der Waals surface area (Å²) in [6.07, 6.45) is 1.04. The molecule has 1 aromatic heterocycles. The standard InChI is InChI=1S/C16H24N4/c1-4-10-20-18-15(12-17-11-13(2)3)16(19-20)14-8-6-5-7-9-14/h5-9,13,17H,4,10-12H2,1-3H3. The fourth-order valence-electron chi connectivity index (χ4n) is 2.10. The van der Waals surface area contributed by atoms with Crippen molar-refractivity contribution in [3.8, 4) is 11.3 Å². The van der Waals surface area contributed by atoms with Gasteiger partial charge in [-0.15, -0.1) is 0 Å². The van der Waals surface area contributed by atoms with Gasteiger partial charge in [0.1, 0.15) is 11.4 Å². The van der Waals surface area contributed by atoms with E-state index in [4.69, 9.17) is 0 Å². The Balaban J connectivity index is 2.19. The monoisotopic (exact) mass is 272 g/mol. The molecule has 108 valence electrons. The molecule has 2 aromatic rings. The van der Waals surface area contributed by atoms with Crippen LogP contribution in [0.5, 0.6) is 0 Å². The summed E-state index contributed by atoms with van der Waals surface area (Å²) in [6.45, 7) is 9.19. The van der Waals surface area contributed by atoms with Gasteiger partial charge in [-0.1, -0.05) is 51.1 Å². The highest BCUT2D eigenvalue weighted by molar-refractivity contribution is 5.60. The number of benzene rings is 1. The highest BCUT2D eigenvalue weighted by Gasteiger charge is 2.12. The highest BCUT2D eigenvalue weighted by Crippen LogP contribution is 2.19. The lowest BCUT2D eigenvalue weighted by atomic mass is 10.1. The zero-order valence-corrected chi connectivity index (χ0v) is 12.6. The molecule has 0 atom stereocenters. The van der Waals surface area contributed by atoms with Crippen molar-refractivity contribution in [2.24, 2.45) is 5.92 Å². The van der Waals surface area contributed by atoms with Crippen LogP contribution in [0.25, 0.3) is 11.3 Å². The smallest absolute Gasteiger partial charge is 0.117 e. The zero-order valence-electron chi connectivity index (χ0n) is 12.6. The molecule has 0 aliphatic carbocycles. The van der Waals surface area contributed by atoms with E-state index in [0.717, 1.165) is 43.0 Å². The second kappa shape index (κ2) is 7.20. The van der Waals surface area contributed by atoms with Gasteiger partial charge in [0, 0.05) is 12.1 Å². The number of hydrogen-bond donors (Lipinski definition) is 1. The van der Waals surface area contributed by atoms with E-state index in [2.05, 4.69) is 48.4 Å². The normalized spacial score (nSPS) is 11.2. The van der Waals surface area contributed by atoms with E-state index in [1.54, 1.807) is 0 Å². The summed E-state index contributed by atoms with van der Waals surface area (Å²) in [5.41, 5.74) is 3.16. The molecule has 0 aliphatic heterocycles. The maximum absolute atomic E-state index is 4.63. The van der Waals surface area contributed by atoms with Crippen LogP contribution < -0.4 is 5.32 Å². The molecule has 0 aliphatic rings. The van der Waals surface area contributed by atoms with Crippen LogP contribution in [0.15, 0.2) is 30.3 Å². The van der Waals surface area contributed by atoms with Crippen molar-refractivity contribution < 1.29 is 0 Å². The molecule has 1 N–H and O–H groups in total. The first-order valence-corrected chi connectivity index (χ1v) is 7.40. The van der Waals surface area contributed by atoms with Crippen LogP contribution in [0.2, 0.25) is 0 Å². The molecule has 4 heteroatoms. The van der Waals surface area contributed by atoms with Crippen LogP contribution in [-0.2, 0) is 13.1 Å². The van der Waals surface area contributed by atoms with Crippen molar-refractivity contribution in [2.45, 2.75) is 40.3 Å². The molecule has 20 heavy (non-hydrogen) atoms. The fourth-order valence-corrected chi connectivity index (χ4v) is 2.10. The molecule has 0 amide bonds. The summed E-state index contributed by atoms with van der Waals surface area (Å²) in [5, 5.41) is 12.7. The first-order chi connectivity index (χ1) is 9.70. The topological polar surface area (TPSA) is 42.7 Å². The van der Waals surface area contributed by atoms with E-state index in [0.29, 0.717) is 5.92 Å². The predicted octanol–water partition coefficient (Wildman–Crippen LogP) is 3.10. The molecular weight excluding hydrogens is 248 g/mol. The van der Waals surface area contributed by atoms with E-state index in [1.807, 2.05) is 23.0 Å². The molecule has 1 heterocycles. The second-order valence-corrected chi connectivity index (χ2v) is 5.48. The van der Waals surface area contributed by atoms with Crippen LogP contribution in [0.1, 0.15) is 32.9 Å². The summed E-state index contributed by atoms with van der Waals surface area (Å²) in [5.74, 6) is 0.640. The molecule has 0 unspecified atom stereocenters. The molecule has 1 aromatic carbocycles. The van der Waals surface area contributed by atoms with E-state index >= 15 is 0 Å². The van der Waals surface area contributed by atoms with Gasteiger partial charge in [-0.25, -0.2) is 0 Å². The SMILES string of the molecule is CCCn1nc(CNCC(C)C)c(-c2ccccc2)n1. The molecule has 2 rings (SSSR count). The Morgan fingerprint density at radius 3 is 2.55 bits per heavy atom. The lowest BCUT2D eigenvalue weighted by Gasteiger charge is -2.06. The first kappa shape index (κ1) is 14.7. The van der Waals surface area contributed by atoms with E-state index < -0.39 is 0 Å². The van der Waals surface area contributed by atoms with Gasteiger partial charge in [0.2, 0.25) is 0 Å². The van der Waals surface area contributed by atoms with Gasteiger partial charge < -0.3 is 5.32 Å². The van der Waals surface area contributed by atoms with Gasteiger partial charge in [0.25, 0.3) is 0 Å². The maximum atomic E-state index is 4.63. The van der Waals surface area contributed by atoms with Crippen LogP contribution in [-0.4, -0.2) is 21.5 Å². The van der Waals surface area contributed by atoms with Gasteiger partial charge in [0.15, 0.2) is 0 Å². The third kappa shape index (κ3) is 3.90. The van der Waals surface area contributed by atoms with Gasteiger partial charge in [-0.05, 0) is 18.9 Å². The van der Waals surface area contributed by atoms with Crippen molar-refractivity contribution in [3.63, 3.8) is 0 Å². The van der Waals surface area contributed by atoms with Crippen molar-refractivity contribution >= 4 is 0 Å². The number of rotatable bonds is 7. The van der Waals surface area contributed by atoms with Crippen LogP contribution in [0.4, 0.5) is 0 Å². The van der Waals surface area contributed by atoms with Crippen LogP contribution in [0.3, 0.4) is 0 Å². The van der Waals surface area contributed by atoms with Crippen LogP contribution >= 0.6 is 0 Å². The molecule has 0 fully saturated rings. The fraction of sp³-hybridized carbons (Fsp3) is 0.500. The van der Waals surface area contributed by atoms with E-state index in [9.17, 15) is 0 Å². The average molecular weight is 272 g/mol. The maximum Gasteiger partial charge on any atom is 0.117 e. The van der Waals surface area contributed by atoms with Gasteiger partial charge >= 0.3 is 0 Å². The Hall–Kier alpha value is -1.68. The molecule has 0 saturated heterocycles. The molecule has 0 bridgehead atoms. The molecule has 4 nitrogen and oxygen atoms in total. The lowest BCUT2D eigenvalue weighted by molar-refractivity contribution is 0.512. The van der Waals surface area contributed by atoms with Crippen molar-refractivity contribution in [2.75, 3.05) is 6.54 Å². The Morgan fingerprint density at radius 1 is 1.15 bits per heavy atom. The number of hydrogen-bond acceptors (Lipinski definition) is 3. The van der Waals surface area contributed by atoms with Crippen molar-refractivity contribution in [1.82, 2.24) is 20.3 Å². The Labute approximate surface area is 121 Å². The molecule has 0 saturated carbocycles. The lowest BCUT2D eigenvalue weighted by Crippen LogP contribution is -2.19. The number of nitrogens with one attached hydrogen (secondary N) is 1. The minimum absolute atomic E-state index is 0.640. The summed E-state index contributed by atoms with van der Waals surface area (Å²) < 4.78 is 0. The Bertz CT molecular complexity index is 517. The third-order valence-electron chi connectivity index (χ3n) is 3.04.